The first-order valence-corrected chi connectivity index (χ1v) is 8.94. The van der Waals surface area contributed by atoms with Crippen LogP contribution in [0, 0.1) is 0 Å². The average molecular weight is 346 g/mol. The highest BCUT2D eigenvalue weighted by Gasteiger charge is 2.51. The molecule has 1 N–H and O–H groups in total. The molecule has 0 saturated heterocycles. The molecule has 0 aromatic carbocycles. The summed E-state index contributed by atoms with van der Waals surface area (Å²) in [6.45, 7) is 12.7. The number of Topliss-reactive ketones (excluding diaryl/α,β-unsaturated/α-hetero) is 1. The highest BCUT2D eigenvalue weighted by atomic mass is 16.7. The van der Waals surface area contributed by atoms with Gasteiger partial charge in [-0.25, -0.2) is 4.79 Å². The van der Waals surface area contributed by atoms with E-state index in [1.54, 1.807) is 13.8 Å². The molecule has 0 aromatic heterocycles. The first-order valence-electron chi connectivity index (χ1n) is 8.94. The van der Waals surface area contributed by atoms with E-state index in [9.17, 15) is 14.7 Å². The Morgan fingerprint density at radius 2 is 1.29 bits per heavy atom. The first kappa shape index (κ1) is 23.0. The van der Waals surface area contributed by atoms with Crippen LogP contribution in [0.15, 0.2) is 0 Å². The van der Waals surface area contributed by atoms with E-state index in [1.807, 2.05) is 34.6 Å². The van der Waals surface area contributed by atoms with Crippen molar-refractivity contribution in [3.63, 3.8) is 0 Å². The van der Waals surface area contributed by atoms with E-state index >= 15 is 0 Å². The highest BCUT2D eigenvalue weighted by molar-refractivity contribution is 6.08. The van der Waals surface area contributed by atoms with Crippen molar-refractivity contribution < 1.29 is 28.9 Å². The lowest BCUT2D eigenvalue weighted by Crippen LogP contribution is -2.56. The Labute approximate surface area is 145 Å². The molecular weight excluding hydrogens is 312 g/mol. The second kappa shape index (κ2) is 10.8. The zero-order valence-electron chi connectivity index (χ0n) is 16.1. The fraction of sp³-hybridized carbons (Fsp3) is 0.889. The molecular formula is C18H34O6. The lowest BCUT2D eigenvalue weighted by molar-refractivity contribution is -0.219. The quantitative estimate of drug-likeness (QED) is 0.405. The van der Waals surface area contributed by atoms with Crippen molar-refractivity contribution in [2.45, 2.75) is 104 Å². The molecule has 24 heavy (non-hydrogen) atoms. The molecule has 0 aliphatic heterocycles. The van der Waals surface area contributed by atoms with E-state index in [2.05, 4.69) is 0 Å². The van der Waals surface area contributed by atoms with E-state index in [-0.39, 0.29) is 24.7 Å². The summed E-state index contributed by atoms with van der Waals surface area (Å²) in [5, 5.41) is 9.71. The summed E-state index contributed by atoms with van der Waals surface area (Å²) in [5.74, 6) is -1.99. The van der Waals surface area contributed by atoms with E-state index in [4.69, 9.17) is 14.2 Å². The van der Waals surface area contributed by atoms with E-state index in [1.165, 1.54) is 0 Å². The summed E-state index contributed by atoms with van der Waals surface area (Å²) in [6, 6.07) is 0. The van der Waals surface area contributed by atoms with Crippen molar-refractivity contribution in [2.75, 3.05) is 0 Å². The predicted octanol–water partition coefficient (Wildman–Crippen LogP) is 3.56. The molecule has 0 aliphatic carbocycles. The van der Waals surface area contributed by atoms with Gasteiger partial charge in [0.2, 0.25) is 17.7 Å². The number of hydrogen-bond acceptors (Lipinski definition) is 5. The van der Waals surface area contributed by atoms with Gasteiger partial charge in [-0.15, -0.1) is 0 Å². The summed E-state index contributed by atoms with van der Waals surface area (Å²) in [6.07, 6.45) is -0.0861. The Morgan fingerprint density at radius 3 is 1.58 bits per heavy atom. The molecule has 0 bridgehead atoms. The Bertz CT molecular complexity index is 385. The molecule has 6 heteroatoms. The van der Waals surface area contributed by atoms with Crippen molar-refractivity contribution >= 4 is 11.8 Å². The maximum atomic E-state index is 13.0. The molecule has 0 heterocycles. The second-order valence-electron chi connectivity index (χ2n) is 6.23. The average Bonchev–Trinajstić information content (AvgIpc) is 2.57. The molecule has 0 aromatic rings. The van der Waals surface area contributed by atoms with Gasteiger partial charge in [-0.2, -0.15) is 0 Å². The molecule has 0 saturated carbocycles. The summed E-state index contributed by atoms with van der Waals surface area (Å²) < 4.78 is 17.0. The number of carboxylic acids is 1. The minimum Gasteiger partial charge on any atom is -0.479 e. The molecule has 4 unspecified atom stereocenters. The van der Waals surface area contributed by atoms with E-state index < -0.39 is 23.6 Å². The third kappa shape index (κ3) is 6.15. The lowest BCUT2D eigenvalue weighted by atomic mass is 9.93. The van der Waals surface area contributed by atoms with Gasteiger partial charge in [-0.3, -0.25) is 4.79 Å². The van der Waals surface area contributed by atoms with E-state index in [0.717, 1.165) is 0 Å². The number of hydrogen-bond donors (Lipinski definition) is 1. The standard InChI is InChI=1S/C18H34O6/c1-8-12(5)22-16(23-13(6)9-2)15(19)18(11-4,17(20)21)24-14(7)10-3/h12-14,16H,8-11H2,1-7H3,(H,20,21). The first-order chi connectivity index (χ1) is 11.2. The van der Waals surface area contributed by atoms with Crippen molar-refractivity contribution in [3.05, 3.63) is 0 Å². The monoisotopic (exact) mass is 346 g/mol. The van der Waals surface area contributed by atoms with Crippen molar-refractivity contribution in [2.24, 2.45) is 0 Å². The fourth-order valence-electron chi connectivity index (χ4n) is 2.01. The smallest absolute Gasteiger partial charge is 0.344 e. The molecule has 0 spiro atoms. The van der Waals surface area contributed by atoms with Gasteiger partial charge in [0.05, 0.1) is 18.3 Å². The van der Waals surface area contributed by atoms with Gasteiger partial charge in [-0.1, -0.05) is 27.7 Å². The zero-order valence-corrected chi connectivity index (χ0v) is 16.1. The summed E-state index contributed by atoms with van der Waals surface area (Å²) >= 11 is 0. The van der Waals surface area contributed by atoms with Crippen LogP contribution < -0.4 is 0 Å². The van der Waals surface area contributed by atoms with Gasteiger partial charge in [0.25, 0.3) is 0 Å². The van der Waals surface area contributed by atoms with Gasteiger partial charge in [-0.05, 0) is 46.5 Å². The van der Waals surface area contributed by atoms with Crippen molar-refractivity contribution in [1.29, 1.82) is 0 Å². The van der Waals surface area contributed by atoms with Gasteiger partial charge < -0.3 is 19.3 Å². The number of rotatable bonds is 13. The summed E-state index contributed by atoms with van der Waals surface area (Å²) in [5.41, 5.74) is -1.96. The molecule has 0 rings (SSSR count). The van der Waals surface area contributed by atoms with Crippen LogP contribution in [-0.4, -0.2) is 47.1 Å². The molecule has 6 nitrogen and oxygen atoms in total. The maximum absolute atomic E-state index is 13.0. The molecule has 0 amide bonds. The van der Waals surface area contributed by atoms with Crippen LogP contribution in [0.4, 0.5) is 0 Å². The molecule has 0 fully saturated rings. The SMILES string of the molecule is CCC(C)OC(OC(C)CC)C(=O)C(CC)(OC(C)CC)C(=O)O. The lowest BCUT2D eigenvalue weighted by Gasteiger charge is -2.34. The van der Waals surface area contributed by atoms with Crippen molar-refractivity contribution in [1.82, 2.24) is 0 Å². The largest absolute Gasteiger partial charge is 0.479 e. The number of aliphatic carboxylic acids is 1. The van der Waals surface area contributed by atoms with Crippen LogP contribution in [0.5, 0.6) is 0 Å². The Hall–Kier alpha value is -0.980. The van der Waals surface area contributed by atoms with Crippen LogP contribution in [0.3, 0.4) is 0 Å². The molecule has 0 aliphatic rings. The highest BCUT2D eigenvalue weighted by Crippen LogP contribution is 2.26. The third-order valence-electron chi connectivity index (χ3n) is 4.29. The topological polar surface area (TPSA) is 82.1 Å². The van der Waals surface area contributed by atoms with Crippen LogP contribution >= 0.6 is 0 Å². The number of ether oxygens (including phenoxy) is 3. The predicted molar refractivity (Wildman–Crippen MR) is 92.0 cm³/mol. The van der Waals surface area contributed by atoms with Gasteiger partial charge in [0.1, 0.15) is 0 Å². The Kier molecular flexibility index (Phi) is 10.4. The number of carbonyl (C=O) groups excluding carboxylic acids is 1. The summed E-state index contributed by atoms with van der Waals surface area (Å²) in [7, 11) is 0. The van der Waals surface area contributed by atoms with E-state index in [0.29, 0.717) is 19.3 Å². The van der Waals surface area contributed by atoms with Gasteiger partial charge in [0, 0.05) is 0 Å². The normalized spacial score (nSPS) is 19.1. The zero-order chi connectivity index (χ0) is 18.9. The van der Waals surface area contributed by atoms with Crippen LogP contribution in [0.25, 0.3) is 0 Å². The van der Waals surface area contributed by atoms with Crippen molar-refractivity contribution in [3.8, 4) is 0 Å². The Morgan fingerprint density at radius 1 is 0.875 bits per heavy atom. The fourth-order valence-corrected chi connectivity index (χ4v) is 2.01. The molecule has 4 atom stereocenters. The minimum atomic E-state index is -1.96. The Balaban J connectivity index is 5.64. The van der Waals surface area contributed by atoms with Crippen LogP contribution in [0.2, 0.25) is 0 Å². The number of carbonyl (C=O) groups is 2. The summed E-state index contributed by atoms with van der Waals surface area (Å²) in [4.78, 5) is 24.9. The maximum Gasteiger partial charge on any atom is 0.344 e. The third-order valence-corrected chi connectivity index (χ3v) is 4.29. The van der Waals surface area contributed by atoms with Gasteiger partial charge >= 0.3 is 5.97 Å². The molecule has 142 valence electrons. The van der Waals surface area contributed by atoms with Crippen LogP contribution in [0.1, 0.15) is 74.1 Å². The molecule has 0 radical (unpaired) electrons. The van der Waals surface area contributed by atoms with Crippen LogP contribution in [-0.2, 0) is 23.8 Å². The second-order valence-corrected chi connectivity index (χ2v) is 6.23. The number of carboxylic acid groups (broad SMARTS) is 1. The van der Waals surface area contributed by atoms with Gasteiger partial charge in [0.15, 0.2) is 0 Å². The number of ketones is 1. The minimum absolute atomic E-state index is 0.00966.